The summed E-state index contributed by atoms with van der Waals surface area (Å²) < 4.78 is 5.02. The third-order valence-corrected chi connectivity index (χ3v) is 2.33. The normalized spacial score (nSPS) is 13.0. The molecule has 0 N–H and O–H groups in total. The summed E-state index contributed by atoms with van der Waals surface area (Å²) in [5.41, 5.74) is -0.515. The molecule has 0 aromatic carbocycles. The van der Waals surface area contributed by atoms with E-state index in [9.17, 15) is 14.4 Å². The fourth-order valence-corrected chi connectivity index (χ4v) is 1.40. The van der Waals surface area contributed by atoms with Crippen LogP contribution in [0.5, 0.6) is 0 Å². The Kier molecular flexibility index (Phi) is 6.07. The molecule has 1 atom stereocenters. The van der Waals surface area contributed by atoms with E-state index in [1.807, 2.05) is 0 Å². The molecule has 1 unspecified atom stereocenters. The van der Waals surface area contributed by atoms with Crippen LogP contribution in [0.4, 0.5) is 0 Å². The number of carbonyl (C=O) groups excluding carboxylic acids is 3. The lowest BCUT2D eigenvalue weighted by Crippen LogP contribution is -2.33. The first-order chi connectivity index (χ1) is 7.64. The average Bonchev–Trinajstić information content (AvgIpc) is 2.14. The Morgan fingerprint density at radius 1 is 1.12 bits per heavy atom. The van der Waals surface area contributed by atoms with E-state index in [2.05, 4.69) is 0 Å². The minimum atomic E-state index is -0.722. The molecule has 0 aromatic rings. The van der Waals surface area contributed by atoms with Crippen LogP contribution in [0, 0.1) is 5.41 Å². The summed E-state index contributed by atoms with van der Waals surface area (Å²) in [4.78, 5) is 33.8. The maximum absolute atomic E-state index is 11.8. The molecule has 0 aliphatic carbocycles. The van der Waals surface area contributed by atoms with Crippen molar-refractivity contribution in [1.82, 2.24) is 0 Å². The molecule has 0 bridgehead atoms. The lowest BCUT2D eigenvalue weighted by Gasteiger charge is -2.21. The number of rotatable bonds is 6. The SMILES string of the molecule is CC(=O)CCCC(=O)OC(C)C(=O)C(C)(C)C. The van der Waals surface area contributed by atoms with E-state index in [0.29, 0.717) is 12.8 Å². The lowest BCUT2D eigenvalue weighted by molar-refractivity contribution is -0.156. The molecule has 0 heterocycles. The van der Waals surface area contributed by atoms with Crippen LogP contribution in [-0.2, 0) is 19.1 Å². The van der Waals surface area contributed by atoms with Crippen molar-refractivity contribution in [2.75, 3.05) is 0 Å². The molecule has 0 aliphatic heterocycles. The summed E-state index contributed by atoms with van der Waals surface area (Å²) in [7, 11) is 0. The fraction of sp³-hybridized carbons (Fsp3) is 0.769. The van der Waals surface area contributed by atoms with E-state index in [0.717, 1.165) is 0 Å². The first-order valence-electron chi connectivity index (χ1n) is 5.88. The van der Waals surface area contributed by atoms with Gasteiger partial charge < -0.3 is 9.53 Å². The van der Waals surface area contributed by atoms with Gasteiger partial charge in [-0.05, 0) is 20.3 Å². The highest BCUT2D eigenvalue weighted by Gasteiger charge is 2.28. The highest BCUT2D eigenvalue weighted by molar-refractivity contribution is 5.89. The summed E-state index contributed by atoms with van der Waals surface area (Å²) in [5.74, 6) is -0.467. The summed E-state index contributed by atoms with van der Waals surface area (Å²) in [6.07, 6.45) is 0.308. The first kappa shape index (κ1) is 15.8. The minimum absolute atomic E-state index is 0.0524. The molecule has 0 amide bonds. The second kappa shape index (κ2) is 6.52. The molecule has 0 radical (unpaired) electrons. The summed E-state index contributed by atoms with van der Waals surface area (Å²) in [6.45, 7) is 8.42. The number of hydrogen-bond acceptors (Lipinski definition) is 4. The van der Waals surface area contributed by atoms with Crippen LogP contribution in [-0.4, -0.2) is 23.6 Å². The lowest BCUT2D eigenvalue weighted by atomic mass is 9.88. The van der Waals surface area contributed by atoms with E-state index in [-0.39, 0.29) is 18.0 Å². The van der Waals surface area contributed by atoms with Gasteiger partial charge in [0, 0.05) is 18.3 Å². The van der Waals surface area contributed by atoms with Crippen LogP contribution in [0.1, 0.15) is 53.9 Å². The predicted molar refractivity (Wildman–Crippen MR) is 64.5 cm³/mol. The molecular weight excluding hydrogens is 220 g/mol. The third kappa shape index (κ3) is 6.87. The van der Waals surface area contributed by atoms with Crippen molar-refractivity contribution in [2.24, 2.45) is 5.41 Å². The highest BCUT2D eigenvalue weighted by Crippen LogP contribution is 2.18. The molecular formula is C13H22O4. The van der Waals surface area contributed by atoms with Gasteiger partial charge in [-0.15, -0.1) is 0 Å². The van der Waals surface area contributed by atoms with Crippen molar-refractivity contribution in [3.63, 3.8) is 0 Å². The molecule has 0 aromatic heterocycles. The third-order valence-electron chi connectivity index (χ3n) is 2.33. The van der Waals surface area contributed by atoms with Gasteiger partial charge in [0.25, 0.3) is 0 Å². The number of ether oxygens (including phenoxy) is 1. The maximum Gasteiger partial charge on any atom is 0.306 e. The van der Waals surface area contributed by atoms with Crippen LogP contribution >= 0.6 is 0 Å². The van der Waals surface area contributed by atoms with Crippen LogP contribution < -0.4 is 0 Å². The van der Waals surface area contributed by atoms with Gasteiger partial charge in [0.2, 0.25) is 0 Å². The van der Waals surface area contributed by atoms with Gasteiger partial charge in [0.05, 0.1) is 0 Å². The molecule has 4 nitrogen and oxygen atoms in total. The topological polar surface area (TPSA) is 60.4 Å². The van der Waals surface area contributed by atoms with Crippen LogP contribution in [0.15, 0.2) is 0 Å². The van der Waals surface area contributed by atoms with Crippen molar-refractivity contribution in [1.29, 1.82) is 0 Å². The quantitative estimate of drug-likeness (QED) is 0.670. The number of esters is 1. The molecule has 98 valence electrons. The van der Waals surface area contributed by atoms with Crippen LogP contribution in [0.3, 0.4) is 0 Å². The maximum atomic E-state index is 11.8. The zero-order valence-corrected chi connectivity index (χ0v) is 11.3. The van der Waals surface area contributed by atoms with Gasteiger partial charge in [0.15, 0.2) is 11.9 Å². The minimum Gasteiger partial charge on any atom is -0.455 e. The van der Waals surface area contributed by atoms with Gasteiger partial charge in [-0.25, -0.2) is 0 Å². The number of Topliss-reactive ketones (excluding diaryl/α,β-unsaturated/α-hetero) is 2. The van der Waals surface area contributed by atoms with E-state index in [1.54, 1.807) is 27.7 Å². The molecule has 0 saturated heterocycles. The Hall–Kier alpha value is -1.19. The van der Waals surface area contributed by atoms with Crippen molar-refractivity contribution in [2.45, 2.75) is 60.0 Å². The summed E-state index contributed by atoms with van der Waals surface area (Å²) in [5, 5.41) is 0. The van der Waals surface area contributed by atoms with Crippen molar-refractivity contribution >= 4 is 17.5 Å². The second-order valence-electron chi connectivity index (χ2n) is 5.30. The largest absolute Gasteiger partial charge is 0.455 e. The molecule has 0 aliphatic rings. The van der Waals surface area contributed by atoms with Gasteiger partial charge in [-0.3, -0.25) is 9.59 Å². The van der Waals surface area contributed by atoms with E-state index in [4.69, 9.17) is 4.74 Å². The van der Waals surface area contributed by atoms with Crippen molar-refractivity contribution < 1.29 is 19.1 Å². The van der Waals surface area contributed by atoms with Gasteiger partial charge in [-0.1, -0.05) is 20.8 Å². The highest BCUT2D eigenvalue weighted by atomic mass is 16.5. The van der Waals surface area contributed by atoms with Crippen molar-refractivity contribution in [3.05, 3.63) is 0 Å². The van der Waals surface area contributed by atoms with Crippen LogP contribution in [0.25, 0.3) is 0 Å². The molecule has 4 heteroatoms. The van der Waals surface area contributed by atoms with E-state index >= 15 is 0 Å². The number of carbonyl (C=O) groups is 3. The summed E-state index contributed by atoms with van der Waals surface area (Å²) in [6, 6.07) is 0. The predicted octanol–water partition coefficient (Wildman–Crippen LogP) is 2.29. The average molecular weight is 242 g/mol. The molecule has 0 fully saturated rings. The molecule has 0 saturated carbocycles. The monoisotopic (exact) mass is 242 g/mol. The number of ketones is 2. The standard InChI is InChI=1S/C13H22O4/c1-9(14)7-6-8-11(15)17-10(2)12(16)13(3,4)5/h10H,6-8H2,1-5H3. The molecule has 17 heavy (non-hydrogen) atoms. The van der Waals surface area contributed by atoms with Gasteiger partial charge >= 0.3 is 5.97 Å². The zero-order chi connectivity index (χ0) is 13.6. The second-order valence-corrected chi connectivity index (χ2v) is 5.30. The van der Waals surface area contributed by atoms with E-state index < -0.39 is 17.5 Å². The first-order valence-corrected chi connectivity index (χ1v) is 5.88. The smallest absolute Gasteiger partial charge is 0.306 e. The molecule has 0 spiro atoms. The Bertz CT molecular complexity index is 299. The van der Waals surface area contributed by atoms with Gasteiger partial charge in [0.1, 0.15) is 5.78 Å². The Balaban J connectivity index is 4.04. The summed E-state index contributed by atoms with van der Waals surface area (Å²) >= 11 is 0. The Morgan fingerprint density at radius 3 is 2.06 bits per heavy atom. The zero-order valence-electron chi connectivity index (χ0n) is 11.3. The van der Waals surface area contributed by atoms with Crippen LogP contribution in [0.2, 0.25) is 0 Å². The Labute approximate surface area is 103 Å². The van der Waals surface area contributed by atoms with Gasteiger partial charge in [-0.2, -0.15) is 0 Å². The Morgan fingerprint density at radius 2 is 1.65 bits per heavy atom. The molecule has 0 rings (SSSR count). The van der Waals surface area contributed by atoms with Crippen molar-refractivity contribution in [3.8, 4) is 0 Å². The fourth-order valence-electron chi connectivity index (χ4n) is 1.40. The number of hydrogen-bond donors (Lipinski definition) is 0. The van der Waals surface area contributed by atoms with E-state index in [1.165, 1.54) is 6.92 Å².